The van der Waals surface area contributed by atoms with Gasteiger partial charge in [0.15, 0.2) is 5.82 Å². The Balaban J connectivity index is 1.30. The lowest BCUT2D eigenvalue weighted by Gasteiger charge is -2.35. The molecule has 2 aliphatic heterocycles. The average Bonchev–Trinajstić information content (AvgIpc) is 3.22. The topological polar surface area (TPSA) is 115 Å². The Kier molecular flexibility index (Phi) is 4.56. The van der Waals surface area contributed by atoms with E-state index in [1.165, 1.54) is 12.8 Å². The standard InChI is InChI=1S/C22H29N9O/c1-22(19(32)24-15-7-9-23-13-15)8-3-11-31(22)21-26-18-4-2-10-30(18)20(27-21)25-17-12-16(28-29-17)14-5-6-14/h2,4,10,12,14-15,23H,3,5-9,11,13H2,1H3,(H,24,32)(H2,25,26,27,28,29)/t15-,22+/m1/s1. The van der Waals surface area contributed by atoms with Gasteiger partial charge in [-0.1, -0.05) is 0 Å². The van der Waals surface area contributed by atoms with Crippen molar-refractivity contribution in [3.05, 3.63) is 30.1 Å². The molecule has 5 heterocycles. The van der Waals surface area contributed by atoms with E-state index in [1.807, 2.05) is 29.7 Å². The van der Waals surface area contributed by atoms with Crippen LogP contribution in [0, 0.1) is 0 Å². The number of nitrogens with one attached hydrogen (secondary N) is 4. The van der Waals surface area contributed by atoms with E-state index in [0.717, 1.165) is 56.1 Å². The first kappa shape index (κ1) is 19.5. The van der Waals surface area contributed by atoms with Crippen LogP contribution in [0.25, 0.3) is 5.65 Å². The Bertz CT molecular complexity index is 1140. The Morgan fingerprint density at radius 2 is 2.19 bits per heavy atom. The second kappa shape index (κ2) is 7.47. The third-order valence-corrected chi connectivity index (χ3v) is 7.00. The zero-order valence-electron chi connectivity index (χ0n) is 18.3. The molecule has 1 aliphatic carbocycles. The van der Waals surface area contributed by atoms with E-state index in [0.29, 0.717) is 17.8 Å². The first-order valence-corrected chi connectivity index (χ1v) is 11.6. The van der Waals surface area contributed by atoms with Crippen LogP contribution < -0.4 is 20.9 Å². The van der Waals surface area contributed by atoms with Crippen LogP contribution in [-0.4, -0.2) is 61.7 Å². The normalized spacial score (nSPS) is 25.5. The van der Waals surface area contributed by atoms with Gasteiger partial charge in [0.2, 0.25) is 17.8 Å². The summed E-state index contributed by atoms with van der Waals surface area (Å²) in [7, 11) is 0. The predicted octanol–water partition coefficient (Wildman–Crippen LogP) is 1.91. The molecule has 0 bridgehead atoms. The quantitative estimate of drug-likeness (QED) is 0.467. The number of H-pyrrole nitrogens is 1. The summed E-state index contributed by atoms with van der Waals surface area (Å²) in [5.41, 5.74) is 1.27. The highest BCUT2D eigenvalue weighted by atomic mass is 16.2. The molecule has 2 saturated heterocycles. The van der Waals surface area contributed by atoms with Gasteiger partial charge >= 0.3 is 0 Å². The number of fused-ring (bicyclic) bond motifs is 1. The minimum absolute atomic E-state index is 0.0541. The molecule has 0 radical (unpaired) electrons. The summed E-state index contributed by atoms with van der Waals surface area (Å²) < 4.78 is 1.91. The molecule has 10 heteroatoms. The zero-order chi connectivity index (χ0) is 21.7. The summed E-state index contributed by atoms with van der Waals surface area (Å²) in [6, 6.07) is 6.14. The second-order valence-electron chi connectivity index (χ2n) is 9.38. The zero-order valence-corrected chi connectivity index (χ0v) is 18.3. The van der Waals surface area contributed by atoms with Crippen molar-refractivity contribution in [1.82, 2.24) is 35.2 Å². The van der Waals surface area contributed by atoms with E-state index >= 15 is 0 Å². The number of hydrogen-bond donors (Lipinski definition) is 4. The van der Waals surface area contributed by atoms with Crippen LogP contribution in [0.1, 0.15) is 50.6 Å². The van der Waals surface area contributed by atoms with Crippen LogP contribution in [0.4, 0.5) is 17.7 Å². The molecule has 2 atom stereocenters. The summed E-state index contributed by atoms with van der Waals surface area (Å²) in [5, 5.41) is 17.4. The number of carbonyl (C=O) groups is 1. The van der Waals surface area contributed by atoms with Gasteiger partial charge in [-0.3, -0.25) is 14.3 Å². The molecular weight excluding hydrogens is 406 g/mol. The number of amides is 1. The molecule has 0 aromatic carbocycles. The number of anilines is 3. The van der Waals surface area contributed by atoms with E-state index in [2.05, 4.69) is 37.1 Å². The lowest BCUT2D eigenvalue weighted by molar-refractivity contribution is -0.126. The molecule has 10 nitrogen and oxygen atoms in total. The molecule has 3 aromatic rings. The summed E-state index contributed by atoms with van der Waals surface area (Å²) in [6.07, 6.45) is 7.03. The van der Waals surface area contributed by atoms with E-state index in [9.17, 15) is 4.79 Å². The fourth-order valence-electron chi connectivity index (χ4n) is 4.88. The van der Waals surface area contributed by atoms with Gasteiger partial charge in [0.1, 0.15) is 11.2 Å². The van der Waals surface area contributed by atoms with Gasteiger partial charge in [-0.25, -0.2) is 0 Å². The third kappa shape index (κ3) is 3.38. The molecule has 1 saturated carbocycles. The maximum atomic E-state index is 13.3. The van der Waals surface area contributed by atoms with Crippen molar-refractivity contribution in [3.63, 3.8) is 0 Å². The smallest absolute Gasteiger partial charge is 0.245 e. The minimum atomic E-state index is -0.670. The van der Waals surface area contributed by atoms with Crippen molar-refractivity contribution < 1.29 is 4.79 Å². The van der Waals surface area contributed by atoms with E-state index in [4.69, 9.17) is 9.97 Å². The molecule has 3 aromatic heterocycles. The van der Waals surface area contributed by atoms with Crippen LogP contribution in [0.15, 0.2) is 24.4 Å². The molecule has 6 rings (SSSR count). The van der Waals surface area contributed by atoms with Gasteiger partial charge in [-0.2, -0.15) is 15.1 Å². The van der Waals surface area contributed by atoms with Gasteiger partial charge in [-0.15, -0.1) is 0 Å². The van der Waals surface area contributed by atoms with Gasteiger partial charge < -0.3 is 20.9 Å². The van der Waals surface area contributed by atoms with Crippen LogP contribution in [0.5, 0.6) is 0 Å². The predicted molar refractivity (Wildman–Crippen MR) is 121 cm³/mol. The van der Waals surface area contributed by atoms with Gasteiger partial charge in [0, 0.05) is 43.0 Å². The van der Waals surface area contributed by atoms with Crippen LogP contribution in [0.2, 0.25) is 0 Å². The fourth-order valence-corrected chi connectivity index (χ4v) is 4.88. The number of aromatic amines is 1. The molecule has 1 amide bonds. The average molecular weight is 436 g/mol. The van der Waals surface area contributed by atoms with Crippen molar-refractivity contribution in [2.75, 3.05) is 29.9 Å². The minimum Gasteiger partial charge on any atom is -0.350 e. The monoisotopic (exact) mass is 435 g/mol. The summed E-state index contributed by atoms with van der Waals surface area (Å²) >= 11 is 0. The number of aromatic nitrogens is 5. The molecule has 4 N–H and O–H groups in total. The SMILES string of the molecule is C[C@@]1(C(=O)N[C@@H]2CCNC2)CCCN1c1nc(Nc2cc(C3CC3)[nH]n2)n2cccc2n1. The summed E-state index contributed by atoms with van der Waals surface area (Å²) in [6.45, 7) is 4.53. The fraction of sp³-hybridized carbons (Fsp3) is 0.545. The summed E-state index contributed by atoms with van der Waals surface area (Å²) in [4.78, 5) is 25.0. The molecule has 168 valence electrons. The highest BCUT2D eigenvalue weighted by Gasteiger charge is 2.45. The molecular formula is C22H29N9O. The van der Waals surface area contributed by atoms with Crippen LogP contribution in [0.3, 0.4) is 0 Å². The van der Waals surface area contributed by atoms with Gasteiger partial charge in [0.25, 0.3) is 0 Å². The van der Waals surface area contributed by atoms with Crippen molar-refractivity contribution in [3.8, 4) is 0 Å². The van der Waals surface area contributed by atoms with Crippen molar-refractivity contribution >= 4 is 29.3 Å². The third-order valence-electron chi connectivity index (χ3n) is 7.00. The van der Waals surface area contributed by atoms with Gasteiger partial charge in [-0.05, 0) is 57.7 Å². The van der Waals surface area contributed by atoms with E-state index in [-0.39, 0.29) is 11.9 Å². The first-order valence-electron chi connectivity index (χ1n) is 11.6. The molecule has 32 heavy (non-hydrogen) atoms. The largest absolute Gasteiger partial charge is 0.350 e. The second-order valence-corrected chi connectivity index (χ2v) is 9.38. The Morgan fingerprint density at radius 1 is 1.28 bits per heavy atom. The molecule has 3 aliphatic rings. The number of nitrogens with zero attached hydrogens (tertiary/aromatic N) is 5. The highest BCUT2D eigenvalue weighted by molar-refractivity contribution is 5.90. The Morgan fingerprint density at radius 3 is 3.00 bits per heavy atom. The Labute approximate surface area is 186 Å². The van der Waals surface area contributed by atoms with Gasteiger partial charge in [0.05, 0.1) is 0 Å². The Hall–Kier alpha value is -3.14. The maximum absolute atomic E-state index is 13.3. The van der Waals surface area contributed by atoms with Crippen molar-refractivity contribution in [2.45, 2.75) is 56.5 Å². The van der Waals surface area contributed by atoms with Crippen molar-refractivity contribution in [1.29, 1.82) is 0 Å². The molecule has 3 fully saturated rings. The van der Waals surface area contributed by atoms with E-state index in [1.54, 1.807) is 0 Å². The lowest BCUT2D eigenvalue weighted by Crippen LogP contribution is -2.56. The maximum Gasteiger partial charge on any atom is 0.245 e. The number of hydrogen-bond acceptors (Lipinski definition) is 7. The highest BCUT2D eigenvalue weighted by Crippen LogP contribution is 2.40. The van der Waals surface area contributed by atoms with Crippen molar-refractivity contribution in [2.24, 2.45) is 0 Å². The summed E-state index contributed by atoms with van der Waals surface area (Å²) in [5.74, 6) is 2.60. The first-order chi connectivity index (χ1) is 15.6. The van der Waals surface area contributed by atoms with E-state index < -0.39 is 5.54 Å². The van der Waals surface area contributed by atoms with Crippen LogP contribution in [-0.2, 0) is 4.79 Å². The number of carbonyl (C=O) groups excluding carboxylic acids is 1. The molecule has 0 spiro atoms. The number of rotatable bonds is 6. The lowest BCUT2D eigenvalue weighted by atomic mass is 9.97. The van der Waals surface area contributed by atoms with Crippen LogP contribution >= 0.6 is 0 Å². The molecule has 0 unspecified atom stereocenters.